The van der Waals surface area contributed by atoms with Gasteiger partial charge in [-0.3, -0.25) is 10.4 Å². The van der Waals surface area contributed by atoms with Gasteiger partial charge in [0, 0.05) is 25.5 Å². The van der Waals surface area contributed by atoms with Gasteiger partial charge in [0.25, 0.3) is 0 Å². The van der Waals surface area contributed by atoms with Crippen molar-refractivity contribution in [1.29, 1.82) is 0 Å². The zero-order valence-electron chi connectivity index (χ0n) is 7.78. The highest BCUT2D eigenvalue weighted by Crippen LogP contribution is 2.14. The van der Waals surface area contributed by atoms with E-state index in [9.17, 15) is 0 Å². The molecule has 0 fully saturated rings. The van der Waals surface area contributed by atoms with Crippen LogP contribution >= 0.6 is 0 Å². The molecule has 0 aliphatic heterocycles. The maximum absolute atomic E-state index is 3.97. The van der Waals surface area contributed by atoms with Gasteiger partial charge in [-0.15, -0.1) is 0 Å². The van der Waals surface area contributed by atoms with Crippen molar-refractivity contribution in [3.05, 3.63) is 30.1 Å². The summed E-state index contributed by atoms with van der Waals surface area (Å²) in [6.07, 6.45) is 3.63. The molecule has 0 bridgehead atoms. The highest BCUT2D eigenvalue weighted by Gasteiger charge is 2.08. The summed E-state index contributed by atoms with van der Waals surface area (Å²) in [5, 5.41) is 2.05. The molecule has 1 atom stereocenters. The second-order valence-corrected chi connectivity index (χ2v) is 2.79. The second kappa shape index (κ2) is 4.18. The highest BCUT2D eigenvalue weighted by molar-refractivity contribution is 5.13. The Balaban J connectivity index is 2.71. The van der Waals surface area contributed by atoms with Gasteiger partial charge < -0.3 is 0 Å². The molecule has 1 rings (SSSR count). The summed E-state index contributed by atoms with van der Waals surface area (Å²) < 4.78 is 0. The molecule has 66 valence electrons. The van der Waals surface area contributed by atoms with Gasteiger partial charge in [0.05, 0.1) is 0 Å². The lowest BCUT2D eigenvalue weighted by Gasteiger charge is -2.23. The number of nitrogens with zero attached hydrogens (tertiary/aromatic N) is 2. The van der Waals surface area contributed by atoms with E-state index in [1.807, 2.05) is 38.6 Å². The molecule has 0 saturated heterocycles. The molecule has 3 nitrogen and oxygen atoms in total. The van der Waals surface area contributed by atoms with Gasteiger partial charge in [-0.2, -0.15) is 0 Å². The van der Waals surface area contributed by atoms with Crippen LogP contribution in [0.25, 0.3) is 0 Å². The summed E-state index contributed by atoms with van der Waals surface area (Å²) in [4.78, 5) is 3.97. The molecule has 0 radical (unpaired) electrons. The van der Waals surface area contributed by atoms with Crippen molar-refractivity contribution >= 4 is 0 Å². The van der Waals surface area contributed by atoms with E-state index in [-0.39, 0.29) is 0 Å². The average Bonchev–Trinajstić information content (AvgIpc) is 2.17. The van der Waals surface area contributed by atoms with Crippen LogP contribution in [0, 0.1) is 0 Å². The van der Waals surface area contributed by atoms with Crippen LogP contribution in [-0.2, 0) is 0 Å². The third kappa shape index (κ3) is 2.03. The molecule has 0 aromatic carbocycles. The molecule has 3 heteroatoms. The second-order valence-electron chi connectivity index (χ2n) is 2.79. The van der Waals surface area contributed by atoms with Crippen molar-refractivity contribution in [2.24, 2.45) is 0 Å². The number of nitrogens with one attached hydrogen (secondary N) is 1. The molecule has 0 amide bonds. The number of pyridine rings is 1. The zero-order valence-corrected chi connectivity index (χ0v) is 7.78. The summed E-state index contributed by atoms with van der Waals surface area (Å²) >= 11 is 0. The lowest BCUT2D eigenvalue weighted by molar-refractivity contribution is 0.196. The molecule has 0 aliphatic carbocycles. The van der Waals surface area contributed by atoms with E-state index in [0.29, 0.717) is 6.04 Å². The first-order valence-electron chi connectivity index (χ1n) is 4.06. The number of hydrogen-bond acceptors (Lipinski definition) is 3. The topological polar surface area (TPSA) is 28.2 Å². The van der Waals surface area contributed by atoms with E-state index in [0.717, 1.165) is 0 Å². The Bertz CT molecular complexity index is 222. The Morgan fingerprint density at radius 1 is 1.42 bits per heavy atom. The summed E-state index contributed by atoms with van der Waals surface area (Å²) in [6.45, 7) is 2.14. The van der Waals surface area contributed by atoms with E-state index in [1.165, 1.54) is 5.56 Å². The average molecular weight is 165 g/mol. The Morgan fingerprint density at radius 2 is 2.00 bits per heavy atom. The van der Waals surface area contributed by atoms with Crippen molar-refractivity contribution in [2.75, 3.05) is 14.1 Å². The fraction of sp³-hybridized carbons (Fsp3) is 0.444. The van der Waals surface area contributed by atoms with E-state index >= 15 is 0 Å². The molecular formula is C9H15N3. The predicted molar refractivity (Wildman–Crippen MR) is 49.5 cm³/mol. The number of rotatable bonds is 3. The van der Waals surface area contributed by atoms with Crippen LogP contribution in [0.3, 0.4) is 0 Å². The van der Waals surface area contributed by atoms with Crippen molar-refractivity contribution in [3.63, 3.8) is 0 Å². The van der Waals surface area contributed by atoms with Gasteiger partial charge in [0.1, 0.15) is 0 Å². The van der Waals surface area contributed by atoms with Crippen LogP contribution in [0.1, 0.15) is 18.5 Å². The SMILES string of the molecule is CNN(C)C(C)c1ccncc1. The lowest BCUT2D eigenvalue weighted by atomic mass is 10.1. The Hall–Kier alpha value is -0.930. The summed E-state index contributed by atoms with van der Waals surface area (Å²) in [7, 11) is 3.93. The minimum Gasteiger partial charge on any atom is -0.265 e. The molecular weight excluding hydrogens is 150 g/mol. The monoisotopic (exact) mass is 165 g/mol. The van der Waals surface area contributed by atoms with Gasteiger partial charge in [-0.25, -0.2) is 5.01 Å². The zero-order chi connectivity index (χ0) is 8.97. The lowest BCUT2D eigenvalue weighted by Crippen LogP contribution is -2.33. The molecule has 1 heterocycles. The number of hydrazine groups is 1. The fourth-order valence-corrected chi connectivity index (χ4v) is 1.06. The molecule has 1 N–H and O–H groups in total. The van der Waals surface area contributed by atoms with Crippen molar-refractivity contribution < 1.29 is 0 Å². The molecule has 0 aliphatic rings. The standard InChI is InChI=1S/C9H15N3/c1-8(12(3)10-2)9-4-6-11-7-5-9/h4-8,10H,1-3H3. The summed E-state index contributed by atoms with van der Waals surface area (Å²) in [5.41, 5.74) is 4.34. The van der Waals surface area contributed by atoms with Gasteiger partial charge in [-0.05, 0) is 31.7 Å². The van der Waals surface area contributed by atoms with Gasteiger partial charge >= 0.3 is 0 Å². The third-order valence-electron chi connectivity index (χ3n) is 2.12. The van der Waals surface area contributed by atoms with E-state index in [2.05, 4.69) is 22.3 Å². The van der Waals surface area contributed by atoms with E-state index < -0.39 is 0 Å². The molecule has 12 heavy (non-hydrogen) atoms. The molecule has 0 saturated carbocycles. The quantitative estimate of drug-likeness (QED) is 0.682. The van der Waals surface area contributed by atoms with Crippen LogP contribution < -0.4 is 5.43 Å². The smallest absolute Gasteiger partial charge is 0.0462 e. The predicted octanol–water partition coefficient (Wildman–Crippen LogP) is 1.21. The van der Waals surface area contributed by atoms with Crippen molar-refractivity contribution in [2.45, 2.75) is 13.0 Å². The van der Waals surface area contributed by atoms with Crippen LogP contribution in [0.2, 0.25) is 0 Å². The summed E-state index contributed by atoms with van der Waals surface area (Å²) in [5.74, 6) is 0. The minimum atomic E-state index is 0.373. The van der Waals surface area contributed by atoms with Crippen LogP contribution in [0.4, 0.5) is 0 Å². The Kier molecular flexibility index (Phi) is 3.19. The largest absolute Gasteiger partial charge is 0.265 e. The summed E-state index contributed by atoms with van der Waals surface area (Å²) in [6, 6.07) is 4.43. The third-order valence-corrected chi connectivity index (χ3v) is 2.12. The molecule has 1 aromatic heterocycles. The van der Waals surface area contributed by atoms with Crippen LogP contribution in [0.5, 0.6) is 0 Å². The first-order chi connectivity index (χ1) is 5.75. The van der Waals surface area contributed by atoms with E-state index in [1.54, 1.807) is 0 Å². The van der Waals surface area contributed by atoms with Gasteiger partial charge in [0.15, 0.2) is 0 Å². The van der Waals surface area contributed by atoms with Crippen LogP contribution in [-0.4, -0.2) is 24.1 Å². The highest BCUT2D eigenvalue weighted by atomic mass is 15.5. The first kappa shape index (κ1) is 9.16. The van der Waals surface area contributed by atoms with Gasteiger partial charge in [-0.1, -0.05) is 0 Å². The van der Waals surface area contributed by atoms with Crippen LogP contribution in [0.15, 0.2) is 24.5 Å². The normalized spacial score (nSPS) is 13.3. The number of hydrogen-bond donors (Lipinski definition) is 1. The Morgan fingerprint density at radius 3 is 2.50 bits per heavy atom. The molecule has 1 aromatic rings. The minimum absolute atomic E-state index is 0.373. The first-order valence-corrected chi connectivity index (χ1v) is 4.06. The maximum Gasteiger partial charge on any atom is 0.0462 e. The van der Waals surface area contributed by atoms with E-state index in [4.69, 9.17) is 0 Å². The number of aromatic nitrogens is 1. The fourth-order valence-electron chi connectivity index (χ4n) is 1.06. The molecule has 1 unspecified atom stereocenters. The molecule has 0 spiro atoms. The van der Waals surface area contributed by atoms with Crippen molar-refractivity contribution in [3.8, 4) is 0 Å². The maximum atomic E-state index is 3.97. The van der Waals surface area contributed by atoms with Gasteiger partial charge in [0.2, 0.25) is 0 Å². The van der Waals surface area contributed by atoms with Crippen molar-refractivity contribution in [1.82, 2.24) is 15.4 Å². The Labute approximate surface area is 73.4 Å².